The second-order valence-electron chi connectivity index (χ2n) is 3.80. The standard InChI is InChI=1S/C11H17F2NSi/c1-15-11(14)4-2-3-8-5-6-9(12)7-10(8)13/h5-7,11H,2-4,14-15H2,1H3. The van der Waals surface area contributed by atoms with Crippen LogP contribution in [0.15, 0.2) is 18.2 Å². The molecule has 0 aromatic heterocycles. The first-order valence-corrected chi connectivity index (χ1v) is 7.56. The Morgan fingerprint density at radius 3 is 2.73 bits per heavy atom. The maximum absolute atomic E-state index is 13.2. The molecule has 0 saturated heterocycles. The average Bonchev–Trinajstić information content (AvgIpc) is 2.21. The first-order chi connectivity index (χ1) is 7.13. The van der Waals surface area contributed by atoms with Gasteiger partial charge in [-0.1, -0.05) is 12.6 Å². The molecule has 84 valence electrons. The highest BCUT2D eigenvalue weighted by atomic mass is 28.2. The first-order valence-electron chi connectivity index (χ1n) is 5.33. The zero-order chi connectivity index (χ0) is 11.3. The van der Waals surface area contributed by atoms with Crippen molar-refractivity contribution in [3.63, 3.8) is 0 Å². The summed E-state index contributed by atoms with van der Waals surface area (Å²) in [6, 6.07) is 3.75. The van der Waals surface area contributed by atoms with Gasteiger partial charge in [0.25, 0.3) is 0 Å². The molecule has 1 nitrogen and oxygen atoms in total. The van der Waals surface area contributed by atoms with Gasteiger partial charge in [0.1, 0.15) is 11.6 Å². The fourth-order valence-electron chi connectivity index (χ4n) is 1.48. The zero-order valence-corrected chi connectivity index (χ0v) is 10.4. The van der Waals surface area contributed by atoms with Crippen molar-refractivity contribution in [2.45, 2.75) is 31.5 Å². The summed E-state index contributed by atoms with van der Waals surface area (Å²) < 4.78 is 25.8. The second-order valence-corrected chi connectivity index (χ2v) is 5.66. The molecule has 0 amide bonds. The number of benzene rings is 1. The van der Waals surface area contributed by atoms with E-state index in [9.17, 15) is 8.78 Å². The summed E-state index contributed by atoms with van der Waals surface area (Å²) in [6.07, 6.45) is 2.47. The summed E-state index contributed by atoms with van der Waals surface area (Å²) in [6.45, 7) is 2.17. The average molecular weight is 229 g/mol. The molecule has 4 heteroatoms. The number of hydrogen-bond donors (Lipinski definition) is 1. The molecule has 0 aliphatic heterocycles. The van der Waals surface area contributed by atoms with Crippen molar-refractivity contribution in [2.24, 2.45) is 5.73 Å². The molecular weight excluding hydrogens is 212 g/mol. The van der Waals surface area contributed by atoms with Crippen molar-refractivity contribution in [2.75, 3.05) is 0 Å². The van der Waals surface area contributed by atoms with Gasteiger partial charge in [0.15, 0.2) is 0 Å². The molecule has 0 radical (unpaired) electrons. The van der Waals surface area contributed by atoms with E-state index in [1.807, 2.05) is 0 Å². The smallest absolute Gasteiger partial charge is 0.129 e. The maximum Gasteiger partial charge on any atom is 0.129 e. The van der Waals surface area contributed by atoms with Gasteiger partial charge >= 0.3 is 0 Å². The van der Waals surface area contributed by atoms with Gasteiger partial charge in [0, 0.05) is 15.6 Å². The van der Waals surface area contributed by atoms with Crippen molar-refractivity contribution in [1.29, 1.82) is 0 Å². The topological polar surface area (TPSA) is 26.0 Å². The van der Waals surface area contributed by atoms with E-state index < -0.39 is 11.6 Å². The minimum absolute atomic E-state index is 0.154. The molecule has 0 aliphatic rings. The number of halogens is 2. The van der Waals surface area contributed by atoms with Crippen LogP contribution >= 0.6 is 0 Å². The Hall–Kier alpha value is -0.743. The number of rotatable bonds is 5. The zero-order valence-electron chi connectivity index (χ0n) is 8.97. The van der Waals surface area contributed by atoms with Crippen LogP contribution in [0.1, 0.15) is 18.4 Å². The fraction of sp³-hybridized carbons (Fsp3) is 0.455. The lowest BCUT2D eigenvalue weighted by Crippen LogP contribution is -2.25. The van der Waals surface area contributed by atoms with Crippen LogP contribution in [0, 0.1) is 11.6 Å². The maximum atomic E-state index is 13.2. The highest BCUT2D eigenvalue weighted by Gasteiger charge is 2.05. The molecule has 0 spiro atoms. The highest BCUT2D eigenvalue weighted by molar-refractivity contribution is 6.35. The van der Waals surface area contributed by atoms with Crippen LogP contribution in [0.2, 0.25) is 6.55 Å². The Morgan fingerprint density at radius 2 is 2.13 bits per heavy atom. The van der Waals surface area contributed by atoms with E-state index >= 15 is 0 Å². The van der Waals surface area contributed by atoms with Crippen LogP contribution in [-0.4, -0.2) is 15.2 Å². The van der Waals surface area contributed by atoms with Crippen molar-refractivity contribution in [3.05, 3.63) is 35.4 Å². The summed E-state index contributed by atoms with van der Waals surface area (Å²) >= 11 is 0. The Kier molecular flexibility index (Phi) is 4.91. The molecular formula is C11H17F2NSi. The normalized spacial score (nSPS) is 13.6. The predicted molar refractivity (Wildman–Crippen MR) is 61.7 cm³/mol. The third-order valence-corrected chi connectivity index (χ3v) is 4.02. The van der Waals surface area contributed by atoms with E-state index in [2.05, 4.69) is 6.55 Å². The lowest BCUT2D eigenvalue weighted by molar-refractivity contribution is 0.566. The lowest BCUT2D eigenvalue weighted by Gasteiger charge is -2.08. The SMILES string of the molecule is C[SiH2]C(N)CCCc1ccc(F)cc1F. The molecule has 0 fully saturated rings. The Labute approximate surface area is 91.5 Å². The molecule has 2 N–H and O–H groups in total. The monoisotopic (exact) mass is 229 g/mol. The summed E-state index contributed by atoms with van der Waals surface area (Å²) in [5, 5.41) is 0. The Balaban J connectivity index is 2.44. The summed E-state index contributed by atoms with van der Waals surface area (Å²) in [4.78, 5) is 0. The van der Waals surface area contributed by atoms with E-state index in [1.54, 1.807) is 0 Å². The van der Waals surface area contributed by atoms with Gasteiger partial charge in [-0.15, -0.1) is 0 Å². The van der Waals surface area contributed by atoms with Gasteiger partial charge in [0.2, 0.25) is 0 Å². The fourth-order valence-corrected chi connectivity index (χ4v) is 2.18. The van der Waals surface area contributed by atoms with E-state index in [0.717, 1.165) is 18.9 Å². The highest BCUT2D eigenvalue weighted by Crippen LogP contribution is 2.12. The van der Waals surface area contributed by atoms with Crippen LogP contribution in [0.5, 0.6) is 0 Å². The minimum Gasteiger partial charge on any atom is -0.331 e. The molecule has 15 heavy (non-hydrogen) atoms. The third-order valence-electron chi connectivity index (χ3n) is 2.56. The summed E-state index contributed by atoms with van der Waals surface area (Å²) in [5.41, 5.74) is 6.72. The van der Waals surface area contributed by atoms with Gasteiger partial charge in [-0.2, -0.15) is 0 Å². The molecule has 1 atom stereocenters. The van der Waals surface area contributed by atoms with Gasteiger partial charge in [-0.3, -0.25) is 0 Å². The number of hydrogen-bond acceptors (Lipinski definition) is 1. The van der Waals surface area contributed by atoms with E-state index in [4.69, 9.17) is 5.73 Å². The first kappa shape index (κ1) is 12.3. The Bertz CT molecular complexity index is 317. The van der Waals surface area contributed by atoms with Gasteiger partial charge < -0.3 is 5.73 Å². The summed E-state index contributed by atoms with van der Waals surface area (Å²) in [5.74, 6) is -0.966. The molecule has 1 rings (SSSR count). The molecule has 0 bridgehead atoms. The van der Waals surface area contributed by atoms with Gasteiger partial charge in [-0.05, 0) is 36.6 Å². The van der Waals surface area contributed by atoms with Crippen molar-refractivity contribution in [1.82, 2.24) is 0 Å². The molecule has 0 heterocycles. The van der Waals surface area contributed by atoms with Gasteiger partial charge in [-0.25, -0.2) is 8.78 Å². The van der Waals surface area contributed by atoms with Crippen molar-refractivity contribution < 1.29 is 8.78 Å². The summed E-state index contributed by atoms with van der Waals surface area (Å²) in [7, 11) is -0.154. The van der Waals surface area contributed by atoms with Crippen LogP contribution in [0.3, 0.4) is 0 Å². The van der Waals surface area contributed by atoms with Crippen molar-refractivity contribution in [3.8, 4) is 0 Å². The molecule has 1 unspecified atom stereocenters. The van der Waals surface area contributed by atoms with E-state index in [-0.39, 0.29) is 9.52 Å². The number of aryl methyl sites for hydroxylation is 1. The van der Waals surface area contributed by atoms with Crippen LogP contribution < -0.4 is 5.73 Å². The lowest BCUT2D eigenvalue weighted by atomic mass is 10.1. The third kappa shape index (κ3) is 4.09. The van der Waals surface area contributed by atoms with E-state index in [1.165, 1.54) is 12.1 Å². The molecule has 1 aromatic carbocycles. The molecule has 0 aliphatic carbocycles. The van der Waals surface area contributed by atoms with Crippen LogP contribution in [0.4, 0.5) is 8.78 Å². The second kappa shape index (κ2) is 5.98. The number of nitrogens with two attached hydrogens (primary N) is 1. The quantitative estimate of drug-likeness (QED) is 0.765. The van der Waals surface area contributed by atoms with Crippen LogP contribution in [-0.2, 0) is 6.42 Å². The molecule has 1 aromatic rings. The minimum atomic E-state index is -0.520. The van der Waals surface area contributed by atoms with Gasteiger partial charge in [0.05, 0.1) is 0 Å². The van der Waals surface area contributed by atoms with Crippen molar-refractivity contribution >= 4 is 9.52 Å². The van der Waals surface area contributed by atoms with E-state index in [0.29, 0.717) is 17.6 Å². The largest absolute Gasteiger partial charge is 0.331 e. The molecule has 0 saturated carbocycles. The predicted octanol–water partition coefficient (Wildman–Crippen LogP) is 1.79. The Morgan fingerprint density at radius 1 is 1.40 bits per heavy atom. The van der Waals surface area contributed by atoms with Crippen LogP contribution in [0.25, 0.3) is 0 Å².